The molecule has 1 atom stereocenters. The van der Waals surface area contributed by atoms with Gasteiger partial charge in [0.15, 0.2) is 0 Å². The predicted octanol–water partition coefficient (Wildman–Crippen LogP) is -0.915. The van der Waals surface area contributed by atoms with Crippen molar-refractivity contribution in [3.8, 4) is 0 Å². The number of nitrogens with two attached hydrogens (primary N) is 1. The number of aromatic carboxylic acids is 1. The van der Waals surface area contributed by atoms with Gasteiger partial charge in [-0.05, 0) is 0 Å². The first-order valence-electron chi connectivity index (χ1n) is 3.31. The second kappa shape index (κ2) is 3.68. The second-order valence-corrected chi connectivity index (χ2v) is 4.51. The van der Waals surface area contributed by atoms with E-state index in [1.807, 2.05) is 0 Å². The third-order valence-electron chi connectivity index (χ3n) is 1.46. The molecule has 0 aliphatic heterocycles. The zero-order valence-corrected chi connectivity index (χ0v) is 8.34. The summed E-state index contributed by atoms with van der Waals surface area (Å²) in [5.74, 6) is -1.24. The topological polar surface area (TPSA) is 101 Å². The number of nitrogen functional groups attached to an aromatic ring is 1. The molecule has 13 heavy (non-hydrogen) atoms. The molecule has 0 aliphatic carbocycles. The zero-order chi connectivity index (χ0) is 10.0. The van der Waals surface area contributed by atoms with Crippen LogP contribution in [0.4, 0.5) is 5.69 Å². The quantitative estimate of drug-likeness (QED) is 0.461. The summed E-state index contributed by atoms with van der Waals surface area (Å²) in [5, 5.41) is 8.66. The Morgan fingerprint density at radius 1 is 1.46 bits per heavy atom. The number of carboxylic acid groups (broad SMARTS) is 1. The fourth-order valence-electron chi connectivity index (χ4n) is 0.892. The van der Waals surface area contributed by atoms with Crippen molar-refractivity contribution >= 4 is 30.9 Å². The maximum absolute atomic E-state index is 10.8. The van der Waals surface area contributed by atoms with E-state index in [2.05, 4.69) is 0 Å². The Hall–Kier alpha value is -1.19. The van der Waals surface area contributed by atoms with Crippen LogP contribution in [0.5, 0.6) is 0 Å². The molecule has 0 fully saturated rings. The molecule has 69 valence electrons. The van der Waals surface area contributed by atoms with Gasteiger partial charge in [-0.25, -0.2) is 0 Å². The van der Waals surface area contributed by atoms with Crippen molar-refractivity contribution in [2.45, 2.75) is 0 Å². The zero-order valence-electron chi connectivity index (χ0n) is 6.47. The molecular weight excluding hydrogens is 237 g/mol. The summed E-state index contributed by atoms with van der Waals surface area (Å²) in [6.45, 7) is 0. The Morgan fingerprint density at radius 2 is 2.08 bits per heavy atom. The summed E-state index contributed by atoms with van der Waals surface area (Å²) in [7, 11) is 0. The van der Waals surface area contributed by atoms with Crippen molar-refractivity contribution in [2.75, 3.05) is 5.73 Å². The monoisotopic (exact) mass is 244 g/mol. The minimum atomic E-state index is -3.40. The predicted molar refractivity (Wildman–Crippen MR) is 46.1 cm³/mol. The van der Waals surface area contributed by atoms with E-state index in [0.29, 0.717) is 0 Å². The Morgan fingerprint density at radius 3 is 2.54 bits per heavy atom. The summed E-state index contributed by atoms with van der Waals surface area (Å²) in [6, 6.07) is 3.84. The number of hydrogen-bond donors (Lipinski definition) is 3. The standard InChI is InChI=1S/C7H7AsNO4/c9-4-1-2-6(8(12)13)5(3-4)7(10)11/h1-3H,9H2,(H,10,11)(H,12,13). The summed E-state index contributed by atoms with van der Waals surface area (Å²) < 4.78 is 19.6. The summed E-state index contributed by atoms with van der Waals surface area (Å²) in [4.78, 5) is 10.6. The molecule has 4 N–H and O–H groups in total. The molecule has 1 unspecified atom stereocenters. The van der Waals surface area contributed by atoms with Gasteiger partial charge in [0, 0.05) is 0 Å². The molecular formula is C7H7AsNO4. The molecule has 0 aromatic heterocycles. The maximum atomic E-state index is 10.8. The number of anilines is 1. The molecule has 1 rings (SSSR count). The number of benzene rings is 1. The van der Waals surface area contributed by atoms with E-state index in [1.165, 1.54) is 18.2 Å². The van der Waals surface area contributed by atoms with Crippen LogP contribution in [0.25, 0.3) is 0 Å². The molecule has 0 spiro atoms. The van der Waals surface area contributed by atoms with Crippen LogP contribution < -0.4 is 10.1 Å². The van der Waals surface area contributed by atoms with E-state index in [4.69, 9.17) is 14.9 Å². The van der Waals surface area contributed by atoms with Gasteiger partial charge < -0.3 is 0 Å². The van der Waals surface area contributed by atoms with Gasteiger partial charge >= 0.3 is 78.2 Å². The summed E-state index contributed by atoms with van der Waals surface area (Å²) in [6.07, 6.45) is 0. The van der Waals surface area contributed by atoms with Gasteiger partial charge in [0.1, 0.15) is 0 Å². The Bertz CT molecular complexity index is 377. The number of carboxylic acids is 1. The van der Waals surface area contributed by atoms with Gasteiger partial charge in [0.2, 0.25) is 0 Å². The number of hydrogen-bond acceptors (Lipinski definition) is 3. The SMILES string of the molecule is Nc1ccc([As](=O)O)c(C(=O)O)c1. The molecule has 6 heteroatoms. The van der Waals surface area contributed by atoms with Crippen molar-refractivity contribution in [3.63, 3.8) is 0 Å². The molecule has 1 radical (unpaired) electrons. The number of carbonyl (C=O) groups is 1. The van der Waals surface area contributed by atoms with Crippen molar-refractivity contribution in [1.82, 2.24) is 0 Å². The van der Waals surface area contributed by atoms with E-state index in [0.717, 1.165) is 0 Å². The van der Waals surface area contributed by atoms with Crippen molar-refractivity contribution in [2.24, 2.45) is 0 Å². The van der Waals surface area contributed by atoms with Gasteiger partial charge in [-0.2, -0.15) is 0 Å². The van der Waals surface area contributed by atoms with E-state index < -0.39 is 20.9 Å². The Kier molecular flexibility index (Phi) is 2.80. The first-order chi connectivity index (χ1) is 6.02. The van der Waals surface area contributed by atoms with E-state index >= 15 is 0 Å². The van der Waals surface area contributed by atoms with Crippen LogP contribution in [0.2, 0.25) is 0 Å². The molecule has 0 bridgehead atoms. The fraction of sp³-hybridized carbons (Fsp3) is 0. The molecule has 1 aromatic rings. The third-order valence-corrected chi connectivity index (χ3v) is 3.14. The van der Waals surface area contributed by atoms with Crippen LogP contribution in [0.15, 0.2) is 18.2 Å². The second-order valence-electron chi connectivity index (χ2n) is 2.35. The normalized spacial score (nSPS) is 11.0. The average molecular weight is 244 g/mol. The molecule has 0 amide bonds. The van der Waals surface area contributed by atoms with Gasteiger partial charge in [0.05, 0.1) is 0 Å². The van der Waals surface area contributed by atoms with Crippen molar-refractivity contribution in [1.29, 1.82) is 0 Å². The molecule has 0 heterocycles. The van der Waals surface area contributed by atoms with E-state index in [-0.39, 0.29) is 15.6 Å². The first-order valence-corrected chi connectivity index (χ1v) is 5.85. The molecule has 0 saturated carbocycles. The van der Waals surface area contributed by atoms with E-state index in [9.17, 15) is 8.53 Å². The molecule has 0 saturated heterocycles. The van der Waals surface area contributed by atoms with Crippen LogP contribution >= 0.6 is 0 Å². The Labute approximate surface area is 78.6 Å². The van der Waals surface area contributed by atoms with Crippen LogP contribution in [-0.2, 0) is 3.74 Å². The van der Waals surface area contributed by atoms with Crippen LogP contribution in [0.3, 0.4) is 0 Å². The van der Waals surface area contributed by atoms with Crippen molar-refractivity contribution < 1.29 is 17.7 Å². The fourth-order valence-corrected chi connectivity index (χ4v) is 2.08. The molecule has 5 nitrogen and oxygen atoms in total. The molecule has 1 aromatic carbocycles. The summed E-state index contributed by atoms with van der Waals surface area (Å²) >= 11 is -3.40. The summed E-state index contributed by atoms with van der Waals surface area (Å²) in [5.41, 5.74) is 5.40. The third kappa shape index (κ3) is 2.14. The minimum absolute atomic E-state index is 0.0331. The van der Waals surface area contributed by atoms with Gasteiger partial charge in [0.25, 0.3) is 0 Å². The molecule has 0 aliphatic rings. The van der Waals surface area contributed by atoms with Crippen LogP contribution in [0, 0.1) is 0 Å². The van der Waals surface area contributed by atoms with Gasteiger partial charge in [-0.15, -0.1) is 0 Å². The average Bonchev–Trinajstić information content (AvgIpc) is 2.03. The van der Waals surface area contributed by atoms with E-state index in [1.54, 1.807) is 0 Å². The first kappa shape index (κ1) is 9.89. The number of rotatable bonds is 2. The Balaban J connectivity index is 3.35. The van der Waals surface area contributed by atoms with Gasteiger partial charge in [-0.1, -0.05) is 0 Å². The van der Waals surface area contributed by atoms with Crippen LogP contribution in [-0.4, -0.2) is 30.1 Å². The van der Waals surface area contributed by atoms with Crippen LogP contribution in [0.1, 0.15) is 10.4 Å². The van der Waals surface area contributed by atoms with Crippen molar-refractivity contribution in [3.05, 3.63) is 23.8 Å². The van der Waals surface area contributed by atoms with Gasteiger partial charge in [-0.3, -0.25) is 0 Å².